The number of benzene rings is 1. The van der Waals surface area contributed by atoms with Crippen LogP contribution in [-0.2, 0) is 0 Å². The molecule has 0 saturated carbocycles. The number of alkyl halides is 1. The Labute approximate surface area is 114 Å². The Hall–Kier alpha value is -0.980. The van der Waals surface area contributed by atoms with E-state index in [0.29, 0.717) is 22.8 Å². The third-order valence-electron chi connectivity index (χ3n) is 2.57. The molecule has 0 aliphatic carbocycles. The van der Waals surface area contributed by atoms with Gasteiger partial charge >= 0.3 is 0 Å². The fourth-order valence-electron chi connectivity index (χ4n) is 1.60. The van der Waals surface area contributed by atoms with Crippen LogP contribution in [0.1, 0.15) is 11.7 Å². The molecule has 2 atom stereocenters. The summed E-state index contributed by atoms with van der Waals surface area (Å²) >= 11 is 3.12. The summed E-state index contributed by atoms with van der Waals surface area (Å²) in [7, 11) is 4.48. The number of methoxy groups -OCH3 is 3. The molecule has 0 heterocycles. The van der Waals surface area contributed by atoms with Crippen molar-refractivity contribution in [2.45, 2.75) is 12.2 Å². The van der Waals surface area contributed by atoms with Crippen LogP contribution in [0.3, 0.4) is 0 Å². The molecule has 0 bridgehead atoms. The molecular weight excluding hydrogens is 304 g/mol. The van der Waals surface area contributed by atoms with Crippen molar-refractivity contribution in [3.63, 3.8) is 0 Å². The number of rotatable bonds is 6. The molecule has 0 fully saturated rings. The normalized spacial score (nSPS) is 13.9. The molecule has 0 saturated heterocycles. The van der Waals surface area contributed by atoms with Crippen LogP contribution in [0.2, 0.25) is 0 Å². The summed E-state index contributed by atoms with van der Waals surface area (Å²) in [6, 6.07) is 3.25. The van der Waals surface area contributed by atoms with Crippen molar-refractivity contribution in [1.29, 1.82) is 0 Å². The van der Waals surface area contributed by atoms with E-state index >= 15 is 0 Å². The van der Waals surface area contributed by atoms with Crippen LogP contribution in [0.4, 0.5) is 0 Å². The van der Waals surface area contributed by atoms with Crippen molar-refractivity contribution in [3.05, 3.63) is 17.7 Å². The van der Waals surface area contributed by atoms with Gasteiger partial charge < -0.3 is 24.4 Å². The minimum absolute atomic E-state index is 0.243. The summed E-state index contributed by atoms with van der Waals surface area (Å²) in [5.41, 5.74) is 0.396. The van der Waals surface area contributed by atoms with E-state index in [1.165, 1.54) is 21.3 Å². The van der Waals surface area contributed by atoms with Gasteiger partial charge in [-0.05, 0) is 0 Å². The number of ether oxygens (including phenoxy) is 3. The Balaban J connectivity index is 3.30. The molecule has 102 valence electrons. The number of aliphatic hydroxyl groups is 2. The van der Waals surface area contributed by atoms with Gasteiger partial charge in [0.15, 0.2) is 0 Å². The van der Waals surface area contributed by atoms with E-state index in [2.05, 4.69) is 15.9 Å². The van der Waals surface area contributed by atoms with Gasteiger partial charge in [0.2, 0.25) is 0 Å². The zero-order valence-corrected chi connectivity index (χ0v) is 12.1. The molecule has 0 spiro atoms. The van der Waals surface area contributed by atoms with Crippen molar-refractivity contribution >= 4 is 15.9 Å². The molecule has 0 aliphatic rings. The van der Waals surface area contributed by atoms with Gasteiger partial charge in [-0.2, -0.15) is 0 Å². The molecule has 2 unspecified atom stereocenters. The lowest BCUT2D eigenvalue weighted by Gasteiger charge is -2.21. The molecule has 0 aromatic heterocycles. The Morgan fingerprint density at radius 3 is 1.89 bits per heavy atom. The fraction of sp³-hybridized carbons (Fsp3) is 0.500. The van der Waals surface area contributed by atoms with Crippen LogP contribution >= 0.6 is 15.9 Å². The highest BCUT2D eigenvalue weighted by atomic mass is 79.9. The SMILES string of the molecule is COc1cc(OC)c(C(O)C(O)CBr)c(OC)c1. The number of hydrogen-bond acceptors (Lipinski definition) is 5. The summed E-state index contributed by atoms with van der Waals surface area (Å²) in [6.45, 7) is 0. The molecule has 0 amide bonds. The van der Waals surface area contributed by atoms with E-state index in [-0.39, 0.29) is 5.33 Å². The van der Waals surface area contributed by atoms with Crippen molar-refractivity contribution in [1.82, 2.24) is 0 Å². The van der Waals surface area contributed by atoms with E-state index in [9.17, 15) is 10.2 Å². The first kappa shape index (κ1) is 15.1. The van der Waals surface area contributed by atoms with Crippen LogP contribution in [0, 0.1) is 0 Å². The number of halogens is 1. The summed E-state index contributed by atoms with van der Waals surface area (Å²) < 4.78 is 15.5. The van der Waals surface area contributed by atoms with Gasteiger partial charge in [-0.15, -0.1) is 0 Å². The van der Waals surface area contributed by atoms with E-state index in [1.807, 2.05) is 0 Å². The molecule has 6 heteroatoms. The van der Waals surface area contributed by atoms with Gasteiger partial charge in [0, 0.05) is 17.5 Å². The second-order valence-corrected chi connectivity index (χ2v) is 4.26. The largest absolute Gasteiger partial charge is 0.496 e. The van der Waals surface area contributed by atoms with Crippen LogP contribution in [0.15, 0.2) is 12.1 Å². The highest BCUT2D eigenvalue weighted by molar-refractivity contribution is 9.09. The van der Waals surface area contributed by atoms with Gasteiger partial charge in [-0.1, -0.05) is 15.9 Å². The Morgan fingerprint density at radius 2 is 1.56 bits per heavy atom. The molecule has 5 nitrogen and oxygen atoms in total. The van der Waals surface area contributed by atoms with Crippen LogP contribution in [0.25, 0.3) is 0 Å². The molecule has 0 aliphatic heterocycles. The molecule has 1 rings (SSSR count). The average Bonchev–Trinajstić information content (AvgIpc) is 2.43. The number of hydrogen-bond donors (Lipinski definition) is 2. The Morgan fingerprint density at radius 1 is 1.06 bits per heavy atom. The smallest absolute Gasteiger partial charge is 0.132 e. The minimum atomic E-state index is -1.11. The quantitative estimate of drug-likeness (QED) is 0.777. The van der Waals surface area contributed by atoms with Crippen molar-refractivity contribution in [2.75, 3.05) is 26.7 Å². The highest BCUT2D eigenvalue weighted by Crippen LogP contribution is 2.39. The lowest BCUT2D eigenvalue weighted by atomic mass is 10.0. The van der Waals surface area contributed by atoms with Gasteiger partial charge in [0.1, 0.15) is 23.4 Å². The van der Waals surface area contributed by atoms with Gasteiger partial charge in [0.05, 0.1) is 33.0 Å². The minimum Gasteiger partial charge on any atom is -0.496 e. The van der Waals surface area contributed by atoms with Crippen molar-refractivity contribution in [3.8, 4) is 17.2 Å². The lowest BCUT2D eigenvalue weighted by molar-refractivity contribution is 0.0311. The molecule has 1 aromatic carbocycles. The molecule has 18 heavy (non-hydrogen) atoms. The third-order valence-corrected chi connectivity index (χ3v) is 3.23. The zero-order chi connectivity index (χ0) is 13.7. The summed E-state index contributed by atoms with van der Waals surface area (Å²) in [6.07, 6.45) is -2.07. The first-order valence-electron chi connectivity index (χ1n) is 5.31. The molecule has 0 radical (unpaired) electrons. The topological polar surface area (TPSA) is 68.2 Å². The molecular formula is C12H17BrO5. The van der Waals surface area contributed by atoms with Crippen molar-refractivity contribution in [2.24, 2.45) is 0 Å². The Bertz CT molecular complexity index is 371. The maximum Gasteiger partial charge on any atom is 0.132 e. The fourth-order valence-corrected chi connectivity index (χ4v) is 1.95. The third kappa shape index (κ3) is 3.07. The summed E-state index contributed by atoms with van der Waals surface area (Å²) in [5, 5.41) is 20.0. The van der Waals surface area contributed by atoms with Crippen LogP contribution in [0.5, 0.6) is 17.2 Å². The number of aliphatic hydroxyl groups excluding tert-OH is 2. The summed E-state index contributed by atoms with van der Waals surface area (Å²) in [5.74, 6) is 1.35. The maximum absolute atomic E-state index is 10.1. The standard InChI is InChI=1S/C12H17BrO5/c1-16-7-4-9(17-2)11(10(5-7)18-3)12(15)8(14)6-13/h4-5,8,12,14-15H,6H2,1-3H3. The van der Waals surface area contributed by atoms with Crippen LogP contribution < -0.4 is 14.2 Å². The van der Waals surface area contributed by atoms with E-state index in [0.717, 1.165) is 0 Å². The maximum atomic E-state index is 10.1. The predicted octanol–water partition coefficient (Wildman–Crippen LogP) is 1.50. The van der Waals surface area contributed by atoms with Gasteiger partial charge in [-0.3, -0.25) is 0 Å². The predicted molar refractivity (Wildman–Crippen MR) is 70.9 cm³/mol. The monoisotopic (exact) mass is 320 g/mol. The van der Waals surface area contributed by atoms with Gasteiger partial charge in [0.25, 0.3) is 0 Å². The second-order valence-electron chi connectivity index (χ2n) is 3.61. The van der Waals surface area contributed by atoms with E-state index in [1.54, 1.807) is 12.1 Å². The van der Waals surface area contributed by atoms with Gasteiger partial charge in [-0.25, -0.2) is 0 Å². The van der Waals surface area contributed by atoms with Crippen molar-refractivity contribution < 1.29 is 24.4 Å². The molecule has 2 N–H and O–H groups in total. The summed E-state index contributed by atoms with van der Waals surface area (Å²) in [4.78, 5) is 0. The first-order chi connectivity index (χ1) is 8.58. The van der Waals surface area contributed by atoms with E-state index in [4.69, 9.17) is 14.2 Å². The molecule has 1 aromatic rings. The zero-order valence-electron chi connectivity index (χ0n) is 10.5. The second kappa shape index (κ2) is 6.82. The average molecular weight is 321 g/mol. The van der Waals surface area contributed by atoms with E-state index < -0.39 is 12.2 Å². The highest BCUT2D eigenvalue weighted by Gasteiger charge is 2.26. The first-order valence-corrected chi connectivity index (χ1v) is 6.43. The Kier molecular flexibility index (Phi) is 5.71. The lowest BCUT2D eigenvalue weighted by Crippen LogP contribution is -2.20. The van der Waals surface area contributed by atoms with Crippen LogP contribution in [-0.4, -0.2) is 43.0 Å².